The molecule has 6 heteroatoms. The Morgan fingerprint density at radius 2 is 2.05 bits per heavy atom. The van der Waals surface area contributed by atoms with Crippen LogP contribution in [0, 0.1) is 5.92 Å². The van der Waals surface area contributed by atoms with E-state index in [-0.39, 0.29) is 25.4 Å². The van der Waals surface area contributed by atoms with E-state index in [1.54, 1.807) is 0 Å². The lowest BCUT2D eigenvalue weighted by Gasteiger charge is -2.27. The van der Waals surface area contributed by atoms with E-state index in [0.29, 0.717) is 6.54 Å². The van der Waals surface area contributed by atoms with E-state index < -0.39 is 12.1 Å². The average molecular weight is 307 g/mol. The van der Waals surface area contributed by atoms with Gasteiger partial charge in [-0.2, -0.15) is 13.2 Å². The van der Waals surface area contributed by atoms with E-state index in [1.807, 2.05) is 17.0 Å². The van der Waals surface area contributed by atoms with Crippen LogP contribution in [0.1, 0.15) is 17.5 Å². The molecule has 2 aliphatic heterocycles. The van der Waals surface area contributed by atoms with Crippen LogP contribution in [-0.2, 0) is 13.0 Å². The van der Waals surface area contributed by atoms with Crippen LogP contribution in [0.15, 0.2) is 18.2 Å². The minimum absolute atomic E-state index is 0. The number of alkyl halides is 3. The third-order valence-electron chi connectivity index (χ3n) is 4.11. The molecule has 3 rings (SSSR count). The molecule has 0 saturated carbocycles. The molecule has 1 aromatic rings. The summed E-state index contributed by atoms with van der Waals surface area (Å²) in [6.45, 7) is 2.34. The van der Waals surface area contributed by atoms with Crippen LogP contribution in [0.25, 0.3) is 0 Å². The van der Waals surface area contributed by atoms with Crippen LogP contribution < -0.4 is 10.2 Å². The van der Waals surface area contributed by atoms with Crippen molar-refractivity contribution in [2.45, 2.75) is 25.6 Å². The molecule has 1 fully saturated rings. The summed E-state index contributed by atoms with van der Waals surface area (Å²) < 4.78 is 38.3. The van der Waals surface area contributed by atoms with Gasteiger partial charge in [0.2, 0.25) is 0 Å². The topological polar surface area (TPSA) is 15.3 Å². The maximum Gasteiger partial charge on any atom is 0.393 e. The van der Waals surface area contributed by atoms with E-state index in [1.165, 1.54) is 11.1 Å². The predicted octanol–water partition coefficient (Wildman–Crippen LogP) is 3.14. The van der Waals surface area contributed by atoms with Crippen molar-refractivity contribution in [3.8, 4) is 0 Å². The lowest BCUT2D eigenvalue weighted by Crippen LogP contribution is -2.30. The lowest BCUT2D eigenvalue weighted by molar-refractivity contribution is -0.168. The minimum Gasteiger partial charge on any atom is -0.371 e. The summed E-state index contributed by atoms with van der Waals surface area (Å²) in [5.74, 6) is -1.18. The van der Waals surface area contributed by atoms with Gasteiger partial charge in [-0.1, -0.05) is 12.1 Å². The monoisotopic (exact) mass is 306 g/mol. The van der Waals surface area contributed by atoms with Crippen LogP contribution in [0.4, 0.5) is 18.9 Å². The highest BCUT2D eigenvalue weighted by Gasteiger charge is 2.43. The molecule has 0 aliphatic carbocycles. The highest BCUT2D eigenvalue weighted by Crippen LogP contribution is 2.37. The second kappa shape index (κ2) is 5.82. The molecule has 2 heterocycles. The fourth-order valence-corrected chi connectivity index (χ4v) is 3.05. The zero-order valence-electron chi connectivity index (χ0n) is 11.0. The first-order valence-corrected chi connectivity index (χ1v) is 6.69. The van der Waals surface area contributed by atoms with E-state index in [9.17, 15) is 13.2 Å². The summed E-state index contributed by atoms with van der Waals surface area (Å²) in [6.07, 6.45) is -2.95. The molecule has 1 saturated heterocycles. The second-order valence-electron chi connectivity index (χ2n) is 5.31. The van der Waals surface area contributed by atoms with Crippen LogP contribution >= 0.6 is 12.4 Å². The molecule has 1 aromatic carbocycles. The maximum absolute atomic E-state index is 12.8. The van der Waals surface area contributed by atoms with Crippen molar-refractivity contribution in [3.63, 3.8) is 0 Å². The fraction of sp³-hybridized carbons (Fsp3) is 0.571. The van der Waals surface area contributed by atoms with E-state index in [4.69, 9.17) is 0 Å². The van der Waals surface area contributed by atoms with Gasteiger partial charge in [-0.05, 0) is 36.6 Å². The fourth-order valence-electron chi connectivity index (χ4n) is 3.05. The molecule has 2 nitrogen and oxygen atoms in total. The normalized spacial score (nSPS) is 22.4. The average Bonchev–Trinajstić information content (AvgIpc) is 2.87. The molecule has 1 atom stereocenters. The van der Waals surface area contributed by atoms with Crippen molar-refractivity contribution in [2.24, 2.45) is 5.92 Å². The van der Waals surface area contributed by atoms with E-state index in [0.717, 1.165) is 25.2 Å². The Kier molecular flexibility index (Phi) is 4.49. The molecule has 20 heavy (non-hydrogen) atoms. The molecule has 0 aromatic heterocycles. The molecule has 1 unspecified atom stereocenters. The van der Waals surface area contributed by atoms with Gasteiger partial charge < -0.3 is 10.2 Å². The minimum atomic E-state index is -4.06. The number of rotatable bonds is 1. The van der Waals surface area contributed by atoms with Crippen LogP contribution in [-0.4, -0.2) is 25.8 Å². The highest BCUT2D eigenvalue weighted by molar-refractivity contribution is 5.85. The molecular weight excluding hydrogens is 289 g/mol. The van der Waals surface area contributed by atoms with Crippen molar-refractivity contribution in [2.75, 3.05) is 24.5 Å². The highest BCUT2D eigenvalue weighted by atomic mass is 35.5. The number of nitrogens with zero attached hydrogens (tertiary/aromatic N) is 1. The van der Waals surface area contributed by atoms with Gasteiger partial charge in [-0.3, -0.25) is 0 Å². The molecule has 0 amide bonds. The van der Waals surface area contributed by atoms with E-state index >= 15 is 0 Å². The summed E-state index contributed by atoms with van der Waals surface area (Å²) in [4.78, 5) is 1.91. The number of hydrogen-bond acceptors (Lipinski definition) is 2. The van der Waals surface area contributed by atoms with Gasteiger partial charge in [0.1, 0.15) is 0 Å². The van der Waals surface area contributed by atoms with Crippen molar-refractivity contribution >= 4 is 18.1 Å². The maximum atomic E-state index is 12.8. The van der Waals surface area contributed by atoms with Gasteiger partial charge in [-0.25, -0.2) is 0 Å². The smallest absolute Gasteiger partial charge is 0.371 e. The molecule has 0 bridgehead atoms. The Hall–Kier alpha value is -0.940. The van der Waals surface area contributed by atoms with Crippen LogP contribution in [0.5, 0.6) is 0 Å². The van der Waals surface area contributed by atoms with Gasteiger partial charge in [0, 0.05) is 25.3 Å². The summed E-state index contributed by atoms with van der Waals surface area (Å²) >= 11 is 0. The Balaban J connectivity index is 0.00000147. The Morgan fingerprint density at radius 3 is 2.75 bits per heavy atom. The van der Waals surface area contributed by atoms with Crippen molar-refractivity contribution in [3.05, 3.63) is 29.3 Å². The zero-order valence-corrected chi connectivity index (χ0v) is 11.9. The van der Waals surface area contributed by atoms with Gasteiger partial charge in [0.05, 0.1) is 5.92 Å². The van der Waals surface area contributed by atoms with Gasteiger partial charge in [0.25, 0.3) is 0 Å². The van der Waals surface area contributed by atoms with E-state index in [2.05, 4.69) is 11.4 Å². The Morgan fingerprint density at radius 1 is 1.25 bits per heavy atom. The van der Waals surface area contributed by atoms with Crippen molar-refractivity contribution in [1.29, 1.82) is 0 Å². The molecule has 1 N–H and O–H groups in total. The summed E-state index contributed by atoms with van der Waals surface area (Å²) in [5, 5.41) is 3.29. The Bertz CT molecular complexity index is 476. The summed E-state index contributed by atoms with van der Waals surface area (Å²) in [5.41, 5.74) is 3.45. The number of hydrogen-bond donors (Lipinski definition) is 1. The van der Waals surface area contributed by atoms with Crippen LogP contribution in [0.3, 0.4) is 0 Å². The first-order chi connectivity index (χ1) is 9.05. The first-order valence-electron chi connectivity index (χ1n) is 6.69. The summed E-state index contributed by atoms with van der Waals surface area (Å²) in [7, 11) is 0. The quantitative estimate of drug-likeness (QED) is 0.857. The lowest BCUT2D eigenvalue weighted by atomic mass is 9.98. The number of fused-ring (bicyclic) bond motifs is 1. The Labute approximate surface area is 122 Å². The second-order valence-corrected chi connectivity index (χ2v) is 5.31. The molecule has 0 radical (unpaired) electrons. The zero-order chi connectivity index (χ0) is 13.5. The predicted molar refractivity (Wildman–Crippen MR) is 75.5 cm³/mol. The number of benzene rings is 1. The van der Waals surface area contributed by atoms with Gasteiger partial charge in [-0.15, -0.1) is 12.4 Å². The first kappa shape index (κ1) is 15.4. The molecular formula is C14H18ClF3N2. The third-order valence-corrected chi connectivity index (χ3v) is 4.11. The number of halogens is 4. The SMILES string of the molecule is Cl.FC(F)(F)C1CCN(c2cccc3c2CCNC3)C1. The molecule has 0 spiro atoms. The number of anilines is 1. The summed E-state index contributed by atoms with van der Waals surface area (Å²) in [6, 6.07) is 5.97. The largest absolute Gasteiger partial charge is 0.393 e. The van der Waals surface area contributed by atoms with Gasteiger partial charge in [0.15, 0.2) is 0 Å². The molecule has 2 aliphatic rings. The van der Waals surface area contributed by atoms with Crippen molar-refractivity contribution in [1.82, 2.24) is 5.32 Å². The molecule has 112 valence electrons. The van der Waals surface area contributed by atoms with Crippen molar-refractivity contribution < 1.29 is 13.2 Å². The number of nitrogens with one attached hydrogen (secondary N) is 1. The van der Waals surface area contributed by atoms with Gasteiger partial charge >= 0.3 is 6.18 Å². The van der Waals surface area contributed by atoms with Crippen LogP contribution in [0.2, 0.25) is 0 Å². The third kappa shape index (κ3) is 2.88. The standard InChI is InChI=1S/C14H17F3N2.ClH/c15-14(16,17)11-5-7-19(9-11)13-3-1-2-10-8-18-6-4-12(10)13;/h1-3,11,18H,4-9H2;1H.